The topological polar surface area (TPSA) is 93.4 Å². The number of thiocarbonyl (C=S) groups is 1. The second-order valence-electron chi connectivity index (χ2n) is 4.14. The van der Waals surface area contributed by atoms with Crippen LogP contribution in [0.4, 0.5) is 0 Å². The third kappa shape index (κ3) is 6.29. The van der Waals surface area contributed by atoms with Crippen LogP contribution in [-0.4, -0.2) is 33.8 Å². The maximum absolute atomic E-state index is 11.1. The summed E-state index contributed by atoms with van der Waals surface area (Å²) in [5.41, 5.74) is 0.915. The minimum absolute atomic E-state index is 0.0986. The molecule has 0 aliphatic rings. The summed E-state index contributed by atoms with van der Waals surface area (Å²) in [6, 6.07) is 6.34. The molecule has 0 spiro atoms. The van der Waals surface area contributed by atoms with Gasteiger partial charge in [-0.25, -0.2) is 13.6 Å². The lowest BCUT2D eigenvalue weighted by Crippen LogP contribution is -2.35. The molecule has 0 saturated carbocycles. The van der Waals surface area contributed by atoms with Crippen molar-refractivity contribution in [2.75, 3.05) is 20.3 Å². The van der Waals surface area contributed by atoms with Crippen LogP contribution in [0.3, 0.4) is 0 Å². The Morgan fingerprint density at radius 3 is 2.50 bits per heavy atom. The van der Waals surface area contributed by atoms with Gasteiger partial charge in [-0.05, 0) is 36.3 Å². The van der Waals surface area contributed by atoms with Crippen LogP contribution in [0.5, 0.6) is 0 Å². The van der Waals surface area contributed by atoms with Crippen molar-refractivity contribution < 1.29 is 13.2 Å². The van der Waals surface area contributed by atoms with E-state index in [0.717, 1.165) is 18.5 Å². The average Bonchev–Trinajstić information content (AvgIpc) is 2.41. The Hall–Kier alpha value is -1.22. The molecular formula is C12H19N3O3S2. The number of sulfonamides is 1. The molecule has 0 saturated heterocycles. The van der Waals surface area contributed by atoms with Crippen LogP contribution >= 0.6 is 12.2 Å². The number of nitrogens with one attached hydrogen (secondary N) is 2. The quantitative estimate of drug-likeness (QED) is 0.496. The van der Waals surface area contributed by atoms with Crippen molar-refractivity contribution in [2.45, 2.75) is 17.9 Å². The van der Waals surface area contributed by atoms with Crippen LogP contribution in [0.1, 0.15) is 12.0 Å². The van der Waals surface area contributed by atoms with Gasteiger partial charge in [-0.15, -0.1) is 0 Å². The first kappa shape index (κ1) is 16.8. The molecule has 0 heterocycles. The number of rotatable bonds is 7. The van der Waals surface area contributed by atoms with E-state index in [1.165, 1.54) is 12.1 Å². The van der Waals surface area contributed by atoms with Gasteiger partial charge in [0.25, 0.3) is 0 Å². The van der Waals surface area contributed by atoms with Gasteiger partial charge in [-0.3, -0.25) is 0 Å². The van der Waals surface area contributed by atoms with E-state index < -0.39 is 10.0 Å². The number of benzene rings is 1. The second kappa shape index (κ2) is 8.15. The maximum Gasteiger partial charge on any atom is 0.238 e. The molecule has 0 aliphatic carbocycles. The van der Waals surface area contributed by atoms with Gasteiger partial charge in [-0.2, -0.15) is 0 Å². The first-order chi connectivity index (χ1) is 9.43. The zero-order valence-corrected chi connectivity index (χ0v) is 12.9. The lowest BCUT2D eigenvalue weighted by molar-refractivity contribution is 0.195. The van der Waals surface area contributed by atoms with E-state index in [-0.39, 0.29) is 4.90 Å². The highest BCUT2D eigenvalue weighted by Crippen LogP contribution is 2.08. The van der Waals surface area contributed by atoms with Gasteiger partial charge in [0.1, 0.15) is 0 Å². The summed E-state index contributed by atoms with van der Waals surface area (Å²) in [7, 11) is -1.98. The fourth-order valence-electron chi connectivity index (χ4n) is 1.46. The zero-order chi connectivity index (χ0) is 15.0. The summed E-state index contributed by atoms with van der Waals surface area (Å²) < 4.78 is 27.1. The van der Waals surface area contributed by atoms with Gasteiger partial charge in [0, 0.05) is 26.8 Å². The summed E-state index contributed by atoms with van der Waals surface area (Å²) in [6.07, 6.45) is 0.876. The van der Waals surface area contributed by atoms with Gasteiger partial charge in [0.15, 0.2) is 5.11 Å². The Bertz CT molecular complexity index is 529. The zero-order valence-electron chi connectivity index (χ0n) is 11.3. The van der Waals surface area contributed by atoms with Gasteiger partial charge >= 0.3 is 0 Å². The van der Waals surface area contributed by atoms with E-state index >= 15 is 0 Å². The number of hydrogen-bond donors (Lipinski definition) is 3. The number of methoxy groups -OCH3 is 1. The van der Waals surface area contributed by atoms with Crippen LogP contribution in [0.25, 0.3) is 0 Å². The molecule has 0 bridgehead atoms. The first-order valence-electron chi connectivity index (χ1n) is 6.06. The van der Waals surface area contributed by atoms with E-state index in [1.807, 2.05) is 0 Å². The summed E-state index contributed by atoms with van der Waals surface area (Å²) in [6.45, 7) is 1.94. The highest BCUT2D eigenvalue weighted by molar-refractivity contribution is 7.89. The third-order valence-electron chi connectivity index (χ3n) is 2.52. The average molecular weight is 317 g/mol. The normalized spacial score (nSPS) is 11.1. The van der Waals surface area contributed by atoms with Crippen molar-refractivity contribution in [1.29, 1.82) is 0 Å². The Morgan fingerprint density at radius 2 is 1.95 bits per heavy atom. The van der Waals surface area contributed by atoms with Crippen LogP contribution in [-0.2, 0) is 21.3 Å². The van der Waals surface area contributed by atoms with Crippen molar-refractivity contribution in [1.82, 2.24) is 10.6 Å². The molecule has 112 valence electrons. The molecule has 1 rings (SSSR count). The van der Waals surface area contributed by atoms with E-state index in [9.17, 15) is 8.42 Å². The summed E-state index contributed by atoms with van der Waals surface area (Å²) in [4.78, 5) is 0.0986. The Kier molecular flexibility index (Phi) is 6.86. The van der Waals surface area contributed by atoms with E-state index in [2.05, 4.69) is 10.6 Å². The van der Waals surface area contributed by atoms with Crippen molar-refractivity contribution in [2.24, 2.45) is 5.14 Å². The van der Waals surface area contributed by atoms with Crippen molar-refractivity contribution in [3.8, 4) is 0 Å². The Balaban J connectivity index is 2.37. The Morgan fingerprint density at radius 1 is 1.30 bits per heavy atom. The summed E-state index contributed by atoms with van der Waals surface area (Å²) >= 11 is 5.11. The molecule has 0 radical (unpaired) electrons. The molecular weight excluding hydrogens is 298 g/mol. The molecule has 0 fully saturated rings. The molecule has 0 unspecified atom stereocenters. The number of hydrogen-bond acceptors (Lipinski definition) is 4. The summed E-state index contributed by atoms with van der Waals surface area (Å²) in [5.74, 6) is 0. The predicted octanol–water partition coefficient (Wildman–Crippen LogP) is 0.335. The van der Waals surface area contributed by atoms with Crippen LogP contribution in [0, 0.1) is 0 Å². The minimum Gasteiger partial charge on any atom is -0.385 e. The highest BCUT2D eigenvalue weighted by atomic mass is 32.2. The van der Waals surface area contributed by atoms with Crippen molar-refractivity contribution in [3.05, 3.63) is 29.8 Å². The minimum atomic E-state index is -3.64. The highest BCUT2D eigenvalue weighted by Gasteiger charge is 2.06. The molecule has 0 aliphatic heterocycles. The SMILES string of the molecule is COCCCNC(=S)NCc1ccc(S(N)(=O)=O)cc1. The lowest BCUT2D eigenvalue weighted by Gasteiger charge is -2.10. The number of ether oxygens (including phenoxy) is 1. The van der Waals surface area contributed by atoms with E-state index in [0.29, 0.717) is 18.3 Å². The van der Waals surface area contributed by atoms with Crippen LogP contribution in [0.15, 0.2) is 29.2 Å². The molecule has 0 amide bonds. The third-order valence-corrected chi connectivity index (χ3v) is 3.73. The number of primary sulfonamides is 1. The van der Waals surface area contributed by atoms with E-state index in [4.69, 9.17) is 22.1 Å². The fraction of sp³-hybridized carbons (Fsp3) is 0.417. The Labute approximate surface area is 124 Å². The van der Waals surface area contributed by atoms with Gasteiger partial charge in [-0.1, -0.05) is 12.1 Å². The smallest absolute Gasteiger partial charge is 0.238 e. The monoisotopic (exact) mass is 317 g/mol. The van der Waals surface area contributed by atoms with Crippen molar-refractivity contribution in [3.63, 3.8) is 0 Å². The van der Waals surface area contributed by atoms with Gasteiger partial charge < -0.3 is 15.4 Å². The van der Waals surface area contributed by atoms with Crippen molar-refractivity contribution >= 4 is 27.4 Å². The van der Waals surface area contributed by atoms with Crippen LogP contribution in [0.2, 0.25) is 0 Å². The first-order valence-corrected chi connectivity index (χ1v) is 8.01. The fourth-order valence-corrected chi connectivity index (χ4v) is 2.15. The molecule has 1 aromatic rings. The lowest BCUT2D eigenvalue weighted by atomic mass is 10.2. The van der Waals surface area contributed by atoms with Gasteiger partial charge in [0.05, 0.1) is 4.90 Å². The van der Waals surface area contributed by atoms with Gasteiger partial charge in [0.2, 0.25) is 10.0 Å². The number of nitrogens with two attached hydrogens (primary N) is 1. The van der Waals surface area contributed by atoms with Crippen LogP contribution < -0.4 is 15.8 Å². The largest absolute Gasteiger partial charge is 0.385 e. The molecule has 20 heavy (non-hydrogen) atoms. The molecule has 6 nitrogen and oxygen atoms in total. The molecule has 1 aromatic carbocycles. The maximum atomic E-state index is 11.1. The predicted molar refractivity (Wildman–Crippen MR) is 81.7 cm³/mol. The molecule has 8 heteroatoms. The summed E-state index contributed by atoms with van der Waals surface area (Å²) in [5, 5.41) is 11.7. The van der Waals surface area contributed by atoms with E-state index in [1.54, 1.807) is 19.2 Å². The second-order valence-corrected chi connectivity index (χ2v) is 6.11. The molecule has 0 aromatic heterocycles. The standard InChI is InChI=1S/C12H19N3O3S2/c1-18-8-2-7-14-12(19)15-9-10-3-5-11(6-4-10)20(13,16)17/h3-6H,2,7-9H2,1H3,(H2,13,16,17)(H2,14,15,19). The molecule has 4 N–H and O–H groups in total. The molecule has 0 atom stereocenters.